The van der Waals surface area contributed by atoms with Crippen molar-refractivity contribution in [3.8, 4) is 17.2 Å². The van der Waals surface area contributed by atoms with Crippen molar-refractivity contribution in [2.45, 2.75) is 11.8 Å². The number of rotatable bonds is 7. The van der Waals surface area contributed by atoms with Gasteiger partial charge < -0.3 is 19.1 Å². The van der Waals surface area contributed by atoms with Gasteiger partial charge in [-0.25, -0.2) is 8.42 Å². The van der Waals surface area contributed by atoms with E-state index in [4.69, 9.17) is 14.2 Å². The number of hydrogen-bond acceptors (Lipinski definition) is 6. The zero-order valence-electron chi connectivity index (χ0n) is 19.2. The fourth-order valence-corrected chi connectivity index (χ4v) is 5.46. The molecule has 0 atom stereocenters. The number of carbonyl (C=O) groups excluding carboxylic acids is 1. The molecule has 1 aliphatic heterocycles. The van der Waals surface area contributed by atoms with Crippen LogP contribution in [0.3, 0.4) is 0 Å². The van der Waals surface area contributed by atoms with Crippen LogP contribution < -0.4 is 23.4 Å². The molecule has 0 N–H and O–H groups in total. The first-order valence-electron chi connectivity index (χ1n) is 10.7. The molecule has 34 heavy (non-hydrogen) atoms. The molecule has 0 aromatic heterocycles. The van der Waals surface area contributed by atoms with Gasteiger partial charge in [0.1, 0.15) is 35.3 Å². The summed E-state index contributed by atoms with van der Waals surface area (Å²) in [7, 11) is -1.22. The maximum Gasteiger partial charge on any atom is 0.268 e. The van der Waals surface area contributed by atoms with Crippen molar-refractivity contribution in [3.05, 3.63) is 72.3 Å². The maximum absolute atomic E-state index is 13.9. The lowest BCUT2D eigenvalue weighted by Crippen LogP contribution is -2.46. The van der Waals surface area contributed by atoms with E-state index in [9.17, 15) is 13.2 Å². The Labute approximate surface area is 199 Å². The lowest BCUT2D eigenvalue weighted by molar-refractivity contribution is -0.117. The molecule has 0 unspecified atom stereocenters. The SMILES string of the molecule is COc1ccc(N(CC(=O)N2CCOc3ccccc32)S(=O)(=O)c2cc(C)ccc2OC)cc1. The highest BCUT2D eigenvalue weighted by atomic mass is 32.2. The topological polar surface area (TPSA) is 85.4 Å². The lowest BCUT2D eigenvalue weighted by Gasteiger charge is -2.32. The second kappa shape index (κ2) is 9.64. The van der Waals surface area contributed by atoms with Crippen molar-refractivity contribution < 1.29 is 27.4 Å². The molecular formula is C25H26N2O6S. The van der Waals surface area contributed by atoms with E-state index in [-0.39, 0.29) is 16.6 Å². The van der Waals surface area contributed by atoms with Crippen LogP contribution in [0.25, 0.3) is 0 Å². The summed E-state index contributed by atoms with van der Waals surface area (Å²) in [4.78, 5) is 15.0. The van der Waals surface area contributed by atoms with E-state index < -0.39 is 16.6 Å². The van der Waals surface area contributed by atoms with E-state index in [0.29, 0.717) is 36.0 Å². The van der Waals surface area contributed by atoms with Gasteiger partial charge in [-0.3, -0.25) is 9.10 Å². The third-order valence-corrected chi connectivity index (χ3v) is 7.35. The number of ether oxygens (including phenoxy) is 3. The van der Waals surface area contributed by atoms with Gasteiger partial charge in [0.05, 0.1) is 32.1 Å². The third-order valence-electron chi connectivity index (χ3n) is 5.56. The molecule has 0 saturated carbocycles. The quantitative estimate of drug-likeness (QED) is 0.511. The Bertz CT molecular complexity index is 1290. The van der Waals surface area contributed by atoms with Crippen molar-refractivity contribution in [2.24, 2.45) is 0 Å². The number of anilines is 2. The number of carbonyl (C=O) groups is 1. The van der Waals surface area contributed by atoms with Crippen molar-refractivity contribution in [3.63, 3.8) is 0 Å². The van der Waals surface area contributed by atoms with Crippen molar-refractivity contribution in [1.82, 2.24) is 0 Å². The molecule has 0 saturated heterocycles. The second-order valence-corrected chi connectivity index (χ2v) is 9.56. The highest BCUT2D eigenvalue weighted by Gasteiger charge is 2.33. The Hall–Kier alpha value is -3.72. The number of amides is 1. The normalized spacial score (nSPS) is 13.0. The molecule has 0 spiro atoms. The Morgan fingerprint density at radius 2 is 1.76 bits per heavy atom. The van der Waals surface area contributed by atoms with Gasteiger partial charge in [0, 0.05) is 0 Å². The van der Waals surface area contributed by atoms with Crippen molar-refractivity contribution >= 4 is 27.3 Å². The van der Waals surface area contributed by atoms with Crippen LogP contribution in [0.2, 0.25) is 0 Å². The fraction of sp³-hybridized carbons (Fsp3) is 0.240. The van der Waals surface area contributed by atoms with Crippen LogP contribution in [0.1, 0.15) is 5.56 Å². The Morgan fingerprint density at radius 3 is 2.47 bits per heavy atom. The molecule has 0 bridgehead atoms. The summed E-state index contributed by atoms with van der Waals surface area (Å²) < 4.78 is 45.1. The van der Waals surface area contributed by atoms with Gasteiger partial charge in [0.25, 0.3) is 10.0 Å². The summed E-state index contributed by atoms with van der Waals surface area (Å²) in [6.07, 6.45) is 0. The van der Waals surface area contributed by atoms with E-state index in [2.05, 4.69) is 0 Å². The molecule has 1 aliphatic rings. The average molecular weight is 483 g/mol. The van der Waals surface area contributed by atoms with Crippen LogP contribution in [0.4, 0.5) is 11.4 Å². The summed E-state index contributed by atoms with van der Waals surface area (Å²) in [5.41, 5.74) is 1.70. The molecule has 3 aromatic carbocycles. The molecular weight excluding hydrogens is 456 g/mol. The Balaban J connectivity index is 1.77. The molecule has 8 nitrogen and oxygen atoms in total. The molecule has 0 radical (unpaired) electrons. The minimum atomic E-state index is -4.16. The van der Waals surface area contributed by atoms with Gasteiger partial charge in [-0.15, -0.1) is 0 Å². The zero-order chi connectivity index (χ0) is 24.3. The monoisotopic (exact) mass is 482 g/mol. The average Bonchev–Trinajstić information content (AvgIpc) is 2.86. The molecule has 1 amide bonds. The van der Waals surface area contributed by atoms with Gasteiger partial charge in [-0.1, -0.05) is 18.2 Å². The van der Waals surface area contributed by atoms with E-state index in [0.717, 1.165) is 9.87 Å². The fourth-order valence-electron chi connectivity index (χ4n) is 3.80. The number of hydrogen-bond donors (Lipinski definition) is 0. The summed E-state index contributed by atoms with van der Waals surface area (Å²) in [6.45, 7) is 2.04. The van der Waals surface area contributed by atoms with Crippen LogP contribution in [-0.4, -0.2) is 48.2 Å². The number of aryl methyl sites for hydroxylation is 1. The Morgan fingerprint density at radius 1 is 1.03 bits per heavy atom. The number of nitrogens with zero attached hydrogens (tertiary/aromatic N) is 2. The molecule has 0 fully saturated rings. The highest BCUT2D eigenvalue weighted by Crippen LogP contribution is 2.34. The first-order valence-corrected chi connectivity index (χ1v) is 12.1. The Kier molecular flexibility index (Phi) is 6.65. The molecule has 4 rings (SSSR count). The van der Waals surface area contributed by atoms with Crippen LogP contribution in [0.5, 0.6) is 17.2 Å². The summed E-state index contributed by atoms with van der Waals surface area (Å²) in [6, 6.07) is 18.6. The minimum absolute atomic E-state index is 0.0130. The van der Waals surface area contributed by atoms with E-state index in [1.807, 2.05) is 12.1 Å². The van der Waals surface area contributed by atoms with E-state index in [1.165, 1.54) is 14.2 Å². The molecule has 9 heteroatoms. The maximum atomic E-state index is 13.9. The predicted molar refractivity (Wildman–Crippen MR) is 130 cm³/mol. The highest BCUT2D eigenvalue weighted by molar-refractivity contribution is 7.93. The number of methoxy groups -OCH3 is 2. The third kappa shape index (κ3) is 4.51. The van der Waals surface area contributed by atoms with Gasteiger partial charge in [0.15, 0.2) is 0 Å². The molecule has 1 heterocycles. The number of para-hydroxylation sites is 2. The number of benzene rings is 3. The zero-order valence-corrected chi connectivity index (χ0v) is 20.0. The van der Waals surface area contributed by atoms with Crippen molar-refractivity contribution in [1.29, 1.82) is 0 Å². The van der Waals surface area contributed by atoms with E-state index >= 15 is 0 Å². The smallest absolute Gasteiger partial charge is 0.268 e. The first kappa shape index (κ1) is 23.4. The largest absolute Gasteiger partial charge is 0.497 e. The molecule has 0 aliphatic carbocycles. The van der Waals surface area contributed by atoms with Gasteiger partial charge in [-0.05, 0) is 61.0 Å². The van der Waals surface area contributed by atoms with E-state index in [1.54, 1.807) is 66.4 Å². The molecule has 178 valence electrons. The summed E-state index contributed by atoms with van der Waals surface area (Å²) in [5.74, 6) is 0.985. The van der Waals surface area contributed by atoms with Gasteiger partial charge in [0.2, 0.25) is 5.91 Å². The van der Waals surface area contributed by atoms with Crippen LogP contribution in [0.15, 0.2) is 71.6 Å². The second-order valence-electron chi connectivity index (χ2n) is 7.73. The van der Waals surface area contributed by atoms with Gasteiger partial charge in [-0.2, -0.15) is 0 Å². The minimum Gasteiger partial charge on any atom is -0.497 e. The lowest BCUT2D eigenvalue weighted by atomic mass is 10.2. The first-order chi connectivity index (χ1) is 16.3. The molecule has 3 aromatic rings. The summed E-state index contributed by atoms with van der Waals surface area (Å²) >= 11 is 0. The van der Waals surface area contributed by atoms with Crippen LogP contribution in [-0.2, 0) is 14.8 Å². The predicted octanol–water partition coefficient (Wildman–Crippen LogP) is 3.63. The van der Waals surface area contributed by atoms with Gasteiger partial charge >= 0.3 is 0 Å². The van der Waals surface area contributed by atoms with Crippen molar-refractivity contribution in [2.75, 3.05) is 43.1 Å². The standard InChI is InChI=1S/C25H26N2O6S/c1-18-8-13-23(32-3)24(16-18)34(29,30)27(19-9-11-20(31-2)12-10-19)17-25(28)26-14-15-33-22-7-5-4-6-21(22)26/h4-13,16H,14-15,17H2,1-3H3. The number of fused-ring (bicyclic) bond motifs is 1. The summed E-state index contributed by atoms with van der Waals surface area (Å²) in [5, 5.41) is 0. The van der Waals surface area contributed by atoms with Crippen LogP contribution >= 0.6 is 0 Å². The number of sulfonamides is 1. The van der Waals surface area contributed by atoms with Crippen LogP contribution in [0, 0.1) is 6.92 Å².